The lowest BCUT2D eigenvalue weighted by molar-refractivity contribution is -0.321. The Morgan fingerprint density at radius 3 is 2.29 bits per heavy atom. The third-order valence-corrected chi connectivity index (χ3v) is 16.6. The Hall–Kier alpha value is -3.41. The molecule has 0 amide bonds. The molecule has 78 heavy (non-hydrogen) atoms. The number of fused-ring (bicyclic) bond motifs is 1. The van der Waals surface area contributed by atoms with Crippen LogP contribution >= 0.6 is 0 Å². The second kappa shape index (κ2) is 28.5. The van der Waals surface area contributed by atoms with E-state index in [0.29, 0.717) is 24.9 Å². The number of likely N-dealkylation sites (N-methyl/N-ethyl adjacent to an activating group) is 2. The number of cyclic esters (lactones) is 1. The molecule has 3 saturated heterocycles. The molecule has 5 rings (SSSR count). The number of ether oxygens (including phenoxy) is 9. The number of benzene rings is 1. The van der Waals surface area contributed by atoms with Crippen LogP contribution in [0.15, 0.2) is 35.3 Å². The summed E-state index contributed by atoms with van der Waals surface area (Å²) < 4.78 is 58.6. The van der Waals surface area contributed by atoms with E-state index in [1.54, 1.807) is 54.0 Å². The summed E-state index contributed by atoms with van der Waals surface area (Å²) in [4.78, 5) is 44.7. The summed E-state index contributed by atoms with van der Waals surface area (Å²) in [5.41, 5.74) is -3.26. The van der Waals surface area contributed by atoms with E-state index in [9.17, 15) is 34.8 Å². The number of aromatic nitrogens is 1. The van der Waals surface area contributed by atoms with Crippen molar-refractivity contribution in [1.82, 2.24) is 14.4 Å². The quantitative estimate of drug-likeness (QED) is 0.0942. The van der Waals surface area contributed by atoms with Crippen molar-refractivity contribution in [3.05, 3.63) is 51.8 Å². The summed E-state index contributed by atoms with van der Waals surface area (Å²) in [6, 6.07) is 4.72. The number of methoxy groups -OCH3 is 1. The van der Waals surface area contributed by atoms with Crippen molar-refractivity contribution in [3.8, 4) is 0 Å². The maximum absolute atomic E-state index is 14.6. The third-order valence-electron chi connectivity index (χ3n) is 16.6. The van der Waals surface area contributed by atoms with Gasteiger partial charge >= 0.3 is 11.9 Å². The zero-order valence-corrected chi connectivity index (χ0v) is 49.6. The fourth-order valence-corrected chi connectivity index (χ4v) is 12.0. The minimum absolute atomic E-state index is 0.0102. The number of carbonyl (C=O) groups is 2. The third kappa shape index (κ3) is 15.8. The van der Waals surface area contributed by atoms with Gasteiger partial charge in [-0.1, -0.05) is 52.3 Å². The van der Waals surface area contributed by atoms with Crippen LogP contribution in [0.1, 0.15) is 138 Å². The smallest absolute Gasteiger partial charge is 0.343 e. The molecule has 2 aromatic rings. The Bertz CT molecular complexity index is 2330. The monoisotopic (exact) mass is 1100 g/mol. The van der Waals surface area contributed by atoms with Gasteiger partial charge in [-0.3, -0.25) is 9.59 Å². The zero-order valence-electron chi connectivity index (χ0n) is 49.6. The van der Waals surface area contributed by atoms with Gasteiger partial charge in [0.1, 0.15) is 35.6 Å². The molecule has 1 aromatic heterocycles. The Morgan fingerprint density at radius 2 is 1.65 bits per heavy atom. The maximum atomic E-state index is 14.6. The summed E-state index contributed by atoms with van der Waals surface area (Å²) in [5, 5.41) is 48.6. The lowest BCUT2D eigenvalue weighted by Gasteiger charge is -2.49. The average Bonchev–Trinajstić information content (AvgIpc) is 3.42. The highest BCUT2D eigenvalue weighted by atomic mass is 16.7. The van der Waals surface area contributed by atoms with E-state index in [4.69, 9.17) is 42.6 Å². The van der Waals surface area contributed by atoms with Crippen LogP contribution in [-0.2, 0) is 54.0 Å². The van der Waals surface area contributed by atoms with Crippen LogP contribution in [0.25, 0.3) is 17.0 Å². The first-order chi connectivity index (χ1) is 36.6. The topological polar surface area (TPSA) is 227 Å². The Kier molecular flexibility index (Phi) is 23.9. The van der Waals surface area contributed by atoms with Crippen LogP contribution in [-0.4, -0.2) is 198 Å². The summed E-state index contributed by atoms with van der Waals surface area (Å²) in [5.74, 6) is -3.37. The number of hydrogen-bond acceptors (Lipinski definition) is 18. The highest BCUT2D eigenvalue weighted by Gasteiger charge is 2.53. The van der Waals surface area contributed by atoms with Crippen molar-refractivity contribution < 1.29 is 72.6 Å². The van der Waals surface area contributed by atoms with Gasteiger partial charge in [0.25, 0.3) is 0 Å². The van der Waals surface area contributed by atoms with Crippen molar-refractivity contribution in [2.45, 2.75) is 218 Å². The van der Waals surface area contributed by atoms with Crippen LogP contribution in [0.3, 0.4) is 0 Å². The van der Waals surface area contributed by atoms with Crippen LogP contribution in [0, 0.1) is 17.8 Å². The van der Waals surface area contributed by atoms with Crippen LogP contribution in [0.5, 0.6) is 0 Å². The van der Waals surface area contributed by atoms with Gasteiger partial charge in [0, 0.05) is 56.2 Å². The van der Waals surface area contributed by atoms with E-state index in [1.165, 1.54) is 6.92 Å². The largest absolute Gasteiger partial charge is 0.462 e. The minimum Gasteiger partial charge on any atom is -0.462 e. The molecule has 0 saturated carbocycles. The van der Waals surface area contributed by atoms with Gasteiger partial charge in [0.15, 0.2) is 12.6 Å². The van der Waals surface area contributed by atoms with E-state index in [1.807, 2.05) is 94.4 Å². The second-order valence-corrected chi connectivity index (χ2v) is 23.4. The van der Waals surface area contributed by atoms with Crippen molar-refractivity contribution in [2.75, 3.05) is 61.2 Å². The number of carbonyl (C=O) groups excluding carboxylic acids is 2. The molecule has 18 atom stereocenters. The van der Waals surface area contributed by atoms with Crippen molar-refractivity contribution in [2.24, 2.45) is 17.8 Å². The Labute approximate surface area is 463 Å². The molecule has 4 N–H and O–H groups in total. The van der Waals surface area contributed by atoms with Crippen molar-refractivity contribution in [1.29, 1.82) is 0 Å². The summed E-state index contributed by atoms with van der Waals surface area (Å²) in [6.07, 6.45) is -0.961. The minimum atomic E-state index is -1.84. The van der Waals surface area contributed by atoms with Crippen molar-refractivity contribution >= 4 is 28.9 Å². The van der Waals surface area contributed by atoms with Crippen molar-refractivity contribution in [3.63, 3.8) is 0 Å². The van der Waals surface area contributed by atoms with E-state index in [2.05, 4.69) is 6.92 Å². The first-order valence-corrected chi connectivity index (χ1v) is 28.4. The molecule has 1 aromatic carbocycles. The molecule has 19 nitrogen and oxygen atoms in total. The number of aliphatic hydroxyl groups excluding tert-OH is 2. The molecule has 444 valence electrons. The molecule has 19 heteroatoms. The van der Waals surface area contributed by atoms with Crippen LogP contribution < -0.4 is 5.43 Å². The van der Waals surface area contributed by atoms with E-state index in [-0.39, 0.29) is 74.7 Å². The van der Waals surface area contributed by atoms with Gasteiger partial charge in [0.05, 0.1) is 73.5 Å². The number of aliphatic hydroxyl groups is 4. The van der Waals surface area contributed by atoms with Gasteiger partial charge in [-0.25, -0.2) is 4.79 Å². The number of pyridine rings is 1. The first kappa shape index (κ1) is 65.4. The SMILES string of the molecule is CCCCn1cc(C(=O)OCC)c(=O)c2cc(/C=C/COCCO[C@H]3[C@H](C)O[C@@H](O[C@H]4[C@H](C)[C@@H](O[C@@H]5O[C@H](C)C[C@H](N(C)C)[C@H]5O)[C@](C)(O)C[C@@H](C)CN(C)[C@H](C)[C@@H](O)[C@](C)(O)[C@@H](CC)OC(=O)[C@@H]4C)C[C@@]3(C)OC)ccc21. The highest BCUT2D eigenvalue weighted by Crippen LogP contribution is 2.41. The summed E-state index contributed by atoms with van der Waals surface area (Å²) in [6.45, 7) is 23.7. The molecule has 0 unspecified atom stereocenters. The lowest BCUT2D eigenvalue weighted by atomic mass is 9.77. The van der Waals surface area contributed by atoms with Gasteiger partial charge in [0.2, 0.25) is 5.43 Å². The van der Waals surface area contributed by atoms with E-state index >= 15 is 0 Å². The number of aryl methyl sites for hydroxylation is 1. The van der Waals surface area contributed by atoms with Crippen LogP contribution in [0.2, 0.25) is 0 Å². The predicted octanol–water partition coefficient (Wildman–Crippen LogP) is 5.95. The molecule has 0 bridgehead atoms. The van der Waals surface area contributed by atoms with Gasteiger partial charge < -0.3 is 77.4 Å². The van der Waals surface area contributed by atoms with E-state index in [0.717, 1.165) is 23.9 Å². The Morgan fingerprint density at radius 1 is 0.949 bits per heavy atom. The number of nitrogens with zero attached hydrogens (tertiary/aromatic N) is 3. The zero-order chi connectivity index (χ0) is 58.0. The number of esters is 2. The van der Waals surface area contributed by atoms with E-state index < -0.39 is 102 Å². The molecular formula is C59H97N3O16. The molecular weight excluding hydrogens is 1010 g/mol. The highest BCUT2D eigenvalue weighted by molar-refractivity contribution is 5.94. The normalized spacial score (nSPS) is 37.1. The van der Waals surface area contributed by atoms with Gasteiger partial charge in [-0.2, -0.15) is 0 Å². The summed E-state index contributed by atoms with van der Waals surface area (Å²) >= 11 is 0. The second-order valence-electron chi connectivity index (χ2n) is 23.4. The molecule has 3 aliphatic heterocycles. The Balaban J connectivity index is 1.36. The molecule has 0 radical (unpaired) electrons. The maximum Gasteiger partial charge on any atom is 0.343 e. The molecule has 0 spiro atoms. The first-order valence-electron chi connectivity index (χ1n) is 28.4. The lowest BCUT2D eigenvalue weighted by Crippen LogP contribution is -2.61. The number of hydrogen-bond donors (Lipinski definition) is 4. The van der Waals surface area contributed by atoms with Gasteiger partial charge in [-0.05, 0) is 126 Å². The summed E-state index contributed by atoms with van der Waals surface area (Å²) in [7, 11) is 7.21. The number of unbranched alkanes of at least 4 members (excludes halogenated alkanes) is 1. The fourth-order valence-electron chi connectivity index (χ4n) is 12.0. The predicted molar refractivity (Wildman–Crippen MR) is 297 cm³/mol. The molecule has 4 heterocycles. The molecule has 3 aliphatic rings. The molecule has 3 fully saturated rings. The van der Waals surface area contributed by atoms with Crippen LogP contribution in [0.4, 0.5) is 0 Å². The van der Waals surface area contributed by atoms with Gasteiger partial charge in [-0.15, -0.1) is 0 Å². The molecule has 0 aliphatic carbocycles. The average molecular weight is 1100 g/mol. The number of rotatable bonds is 19. The standard InChI is InChI=1S/C59H97N3O16/c1-17-20-25-62-34-43(55(67)72-19-3)48(63)42-30-41(23-24-44(42)62)22-21-26-71-27-28-73-53-40(9)75-47(32-58(53,11)70-16)77-50-37(6)52(78-56-49(64)45(60(13)14)29-36(5)74-56)57(10,68)31-35(4)33-61(15)39(8)51(65)59(12,69)46(18-2)76-54(66)38(50)7/h21-24,30,34-40,45-47,49-53,56,64-65,68-69H,17-20,25-29,31-33H2,1-16H3/b22-21+/t35-,36-,37+,38-,39-,40+,45+,46-,47+,49-,50+,51-,52-,53+,56+,57-,58-,59-/m1/s1. The fraction of sp³-hybridized carbons (Fsp3) is 0.780.